The summed E-state index contributed by atoms with van der Waals surface area (Å²) in [6.45, 7) is 9.10. The lowest BCUT2D eigenvalue weighted by Gasteiger charge is -2.15. The first kappa shape index (κ1) is 24.1. The zero-order chi connectivity index (χ0) is 25.3. The van der Waals surface area contributed by atoms with Crippen LogP contribution in [0.15, 0.2) is 48.5 Å². The number of thiophene rings is 1. The van der Waals surface area contributed by atoms with Crippen molar-refractivity contribution in [2.24, 2.45) is 0 Å². The standard InChI is InChI=1S/C28H25N3O3S/c1-15(2)34-28(33)25-17(4)21(14-29)27(35-25)31-26(32)23-18(5)24(19-12-10-16(3)11-13-19)30-22-9-7-6-8-20(22)23/h6-13,15H,1-5H3,(H,31,32). The number of nitrogens with one attached hydrogen (secondary N) is 1. The molecule has 0 radical (unpaired) electrons. The Hall–Kier alpha value is -4.02. The fourth-order valence-corrected chi connectivity index (χ4v) is 4.99. The number of pyridine rings is 1. The largest absolute Gasteiger partial charge is 0.459 e. The van der Waals surface area contributed by atoms with Crippen molar-refractivity contribution < 1.29 is 14.3 Å². The molecule has 0 spiro atoms. The first-order valence-electron chi connectivity index (χ1n) is 11.2. The number of hydrogen-bond donors (Lipinski definition) is 1. The van der Waals surface area contributed by atoms with Crippen molar-refractivity contribution in [1.29, 1.82) is 5.26 Å². The van der Waals surface area contributed by atoms with Crippen LogP contribution in [0.1, 0.15) is 56.1 Å². The molecule has 1 amide bonds. The molecule has 2 heterocycles. The number of amides is 1. The molecular formula is C28H25N3O3S. The van der Waals surface area contributed by atoms with E-state index in [1.54, 1.807) is 20.8 Å². The first-order valence-corrected chi connectivity index (χ1v) is 12.0. The number of carbonyl (C=O) groups is 2. The topological polar surface area (TPSA) is 92.1 Å². The predicted octanol–water partition coefficient (Wildman–Crippen LogP) is 6.58. The maximum Gasteiger partial charge on any atom is 0.348 e. The maximum absolute atomic E-state index is 13.7. The van der Waals surface area contributed by atoms with Crippen LogP contribution in [0.25, 0.3) is 22.2 Å². The van der Waals surface area contributed by atoms with Gasteiger partial charge in [0.1, 0.15) is 15.9 Å². The van der Waals surface area contributed by atoms with Crippen LogP contribution in [0, 0.1) is 32.1 Å². The van der Waals surface area contributed by atoms with Crippen LogP contribution in [0.4, 0.5) is 5.00 Å². The highest BCUT2D eigenvalue weighted by molar-refractivity contribution is 7.18. The molecule has 4 aromatic rings. The number of rotatable bonds is 5. The van der Waals surface area contributed by atoms with Gasteiger partial charge in [0.2, 0.25) is 0 Å². The average molecular weight is 484 g/mol. The van der Waals surface area contributed by atoms with Crippen LogP contribution in [-0.4, -0.2) is 23.0 Å². The summed E-state index contributed by atoms with van der Waals surface area (Å²) in [4.78, 5) is 31.3. The number of ether oxygens (including phenoxy) is 1. The van der Waals surface area contributed by atoms with Gasteiger partial charge >= 0.3 is 5.97 Å². The van der Waals surface area contributed by atoms with E-state index in [2.05, 4.69) is 11.4 Å². The van der Waals surface area contributed by atoms with Gasteiger partial charge in [-0.3, -0.25) is 4.79 Å². The van der Waals surface area contributed by atoms with E-state index >= 15 is 0 Å². The Morgan fingerprint density at radius 2 is 1.71 bits per heavy atom. The molecule has 7 heteroatoms. The number of hydrogen-bond acceptors (Lipinski definition) is 6. The molecule has 1 N–H and O–H groups in total. The van der Waals surface area contributed by atoms with Crippen molar-refractivity contribution in [3.05, 3.63) is 81.2 Å². The smallest absolute Gasteiger partial charge is 0.348 e. The molecule has 0 atom stereocenters. The number of nitrogens with zero attached hydrogens (tertiary/aromatic N) is 2. The number of aromatic nitrogens is 1. The van der Waals surface area contributed by atoms with Crippen molar-refractivity contribution in [3.8, 4) is 17.3 Å². The highest BCUT2D eigenvalue weighted by atomic mass is 32.1. The van der Waals surface area contributed by atoms with Crippen molar-refractivity contribution in [2.45, 2.75) is 40.7 Å². The van der Waals surface area contributed by atoms with Crippen molar-refractivity contribution in [3.63, 3.8) is 0 Å². The molecule has 2 aromatic carbocycles. The minimum atomic E-state index is -0.508. The van der Waals surface area contributed by atoms with Gasteiger partial charge < -0.3 is 10.1 Å². The Kier molecular flexibility index (Phi) is 6.68. The highest BCUT2D eigenvalue weighted by Crippen LogP contribution is 2.35. The molecule has 176 valence electrons. The van der Waals surface area contributed by atoms with Gasteiger partial charge in [0.25, 0.3) is 5.91 Å². The summed E-state index contributed by atoms with van der Waals surface area (Å²) in [5.41, 5.74) is 5.43. The van der Waals surface area contributed by atoms with Gasteiger partial charge in [0.15, 0.2) is 0 Å². The molecule has 35 heavy (non-hydrogen) atoms. The van der Waals surface area contributed by atoms with Gasteiger partial charge in [0.05, 0.1) is 28.4 Å². The number of fused-ring (bicyclic) bond motifs is 1. The van der Waals surface area contributed by atoms with Crippen LogP contribution in [0.2, 0.25) is 0 Å². The van der Waals surface area contributed by atoms with Gasteiger partial charge in [-0.05, 0) is 51.8 Å². The Morgan fingerprint density at radius 3 is 2.37 bits per heavy atom. The third-order valence-corrected chi connectivity index (χ3v) is 6.89. The molecule has 0 aliphatic rings. The second kappa shape index (κ2) is 9.69. The van der Waals surface area contributed by atoms with E-state index in [0.717, 1.165) is 33.7 Å². The Balaban J connectivity index is 1.81. The first-order chi connectivity index (χ1) is 16.7. The van der Waals surface area contributed by atoms with Crippen LogP contribution < -0.4 is 5.32 Å². The van der Waals surface area contributed by atoms with Crippen molar-refractivity contribution >= 4 is 39.1 Å². The van der Waals surface area contributed by atoms with Crippen LogP contribution in [0.3, 0.4) is 0 Å². The number of anilines is 1. The number of nitriles is 1. The number of para-hydroxylation sites is 1. The van der Waals surface area contributed by atoms with E-state index in [4.69, 9.17) is 9.72 Å². The zero-order valence-electron chi connectivity index (χ0n) is 20.2. The molecule has 0 saturated heterocycles. The molecule has 0 unspecified atom stereocenters. The minimum Gasteiger partial charge on any atom is -0.459 e. The summed E-state index contributed by atoms with van der Waals surface area (Å²) in [6, 6.07) is 17.6. The van der Waals surface area contributed by atoms with E-state index in [0.29, 0.717) is 31.9 Å². The summed E-state index contributed by atoms with van der Waals surface area (Å²) in [6.07, 6.45) is -0.293. The van der Waals surface area contributed by atoms with E-state index < -0.39 is 5.97 Å². The highest BCUT2D eigenvalue weighted by Gasteiger charge is 2.25. The van der Waals surface area contributed by atoms with Gasteiger partial charge in [0, 0.05) is 10.9 Å². The van der Waals surface area contributed by atoms with Gasteiger partial charge in [-0.15, -0.1) is 11.3 Å². The monoisotopic (exact) mass is 483 g/mol. The Morgan fingerprint density at radius 1 is 1.03 bits per heavy atom. The van der Waals surface area contributed by atoms with E-state index in [1.165, 1.54) is 0 Å². The quantitative estimate of drug-likeness (QED) is 0.324. The molecule has 0 fully saturated rings. The second-order valence-corrected chi connectivity index (χ2v) is 9.64. The SMILES string of the molecule is Cc1ccc(-c2nc3ccccc3c(C(=O)Nc3sc(C(=O)OC(C)C)c(C)c3C#N)c2C)cc1. The molecule has 6 nitrogen and oxygen atoms in total. The molecule has 0 aliphatic carbocycles. The average Bonchev–Trinajstić information content (AvgIpc) is 3.13. The summed E-state index contributed by atoms with van der Waals surface area (Å²) in [5, 5.41) is 13.7. The summed E-state index contributed by atoms with van der Waals surface area (Å²) in [7, 11) is 0. The fourth-order valence-electron chi connectivity index (χ4n) is 3.96. The molecule has 0 bridgehead atoms. The molecule has 0 aliphatic heterocycles. The lowest BCUT2D eigenvalue weighted by molar-refractivity contribution is 0.0383. The van der Waals surface area contributed by atoms with Gasteiger partial charge in [-0.2, -0.15) is 5.26 Å². The van der Waals surface area contributed by atoms with Crippen LogP contribution in [0.5, 0.6) is 0 Å². The molecule has 4 rings (SSSR count). The van der Waals surface area contributed by atoms with Gasteiger partial charge in [-0.25, -0.2) is 9.78 Å². The predicted molar refractivity (Wildman–Crippen MR) is 139 cm³/mol. The minimum absolute atomic E-state index is 0.258. The Bertz CT molecular complexity index is 1490. The number of esters is 1. The zero-order valence-corrected chi connectivity index (χ0v) is 21.0. The van der Waals surface area contributed by atoms with E-state index in [-0.39, 0.29) is 17.6 Å². The van der Waals surface area contributed by atoms with Crippen LogP contribution in [-0.2, 0) is 4.74 Å². The number of carbonyl (C=O) groups excluding carboxylic acids is 2. The Labute approximate surface area is 208 Å². The lowest BCUT2D eigenvalue weighted by atomic mass is 9.96. The van der Waals surface area contributed by atoms with E-state index in [9.17, 15) is 14.9 Å². The van der Waals surface area contributed by atoms with Crippen LogP contribution >= 0.6 is 11.3 Å². The summed E-state index contributed by atoms with van der Waals surface area (Å²) >= 11 is 1.05. The van der Waals surface area contributed by atoms with Gasteiger partial charge in [-0.1, -0.05) is 48.0 Å². The van der Waals surface area contributed by atoms with Crippen molar-refractivity contribution in [1.82, 2.24) is 4.98 Å². The third-order valence-electron chi connectivity index (χ3n) is 5.70. The second-order valence-electron chi connectivity index (χ2n) is 8.62. The maximum atomic E-state index is 13.7. The third kappa shape index (κ3) is 4.66. The number of benzene rings is 2. The van der Waals surface area contributed by atoms with Crippen molar-refractivity contribution in [2.75, 3.05) is 5.32 Å². The fraction of sp³-hybridized carbons (Fsp3) is 0.214. The summed E-state index contributed by atoms with van der Waals surface area (Å²) < 4.78 is 5.31. The molecular weight excluding hydrogens is 458 g/mol. The summed E-state index contributed by atoms with van der Waals surface area (Å²) in [5.74, 6) is -0.873. The molecule has 0 saturated carbocycles. The normalized spacial score (nSPS) is 10.9. The molecule has 2 aromatic heterocycles. The number of aryl methyl sites for hydroxylation is 1. The lowest BCUT2D eigenvalue weighted by Crippen LogP contribution is -2.15. The van der Waals surface area contributed by atoms with E-state index in [1.807, 2.05) is 62.4 Å².